The van der Waals surface area contributed by atoms with Crippen LogP contribution in [0, 0.1) is 5.82 Å². The van der Waals surface area contributed by atoms with E-state index in [9.17, 15) is 14.0 Å². The van der Waals surface area contributed by atoms with Crippen LogP contribution in [0.25, 0.3) is 54.4 Å². The first kappa shape index (κ1) is 27.8. The second kappa shape index (κ2) is 10.5. The van der Waals surface area contributed by atoms with Crippen molar-refractivity contribution >= 4 is 77.8 Å². The SMILES string of the molecule is O=C1c2c(c3c4ccccc4n(CCc4cccc5ccccc45)c3c3[nH]c4ccccc4c23)C(=O)N1CCc1c(F)cccc1Cl. The second-order valence-corrected chi connectivity index (χ2v) is 12.6. The molecule has 0 radical (unpaired) electrons. The number of aromatic amines is 1. The quantitative estimate of drug-likeness (QED) is 0.185. The molecule has 2 aromatic heterocycles. The summed E-state index contributed by atoms with van der Waals surface area (Å²) in [5.74, 6) is -1.20. The molecule has 0 spiro atoms. The van der Waals surface area contributed by atoms with E-state index in [0.29, 0.717) is 17.7 Å². The number of para-hydroxylation sites is 2. The molecule has 9 rings (SSSR count). The van der Waals surface area contributed by atoms with Crippen molar-refractivity contribution < 1.29 is 14.0 Å². The maximum atomic E-state index is 14.7. The number of benzene rings is 6. The van der Waals surface area contributed by atoms with Gasteiger partial charge in [0.1, 0.15) is 5.82 Å². The number of aryl methyl sites for hydroxylation is 2. The third kappa shape index (κ3) is 4.08. The van der Waals surface area contributed by atoms with Gasteiger partial charge in [0.15, 0.2) is 0 Å². The van der Waals surface area contributed by atoms with E-state index in [2.05, 4.69) is 58.1 Å². The third-order valence-corrected chi connectivity index (χ3v) is 10.1. The normalized spacial score (nSPS) is 13.3. The van der Waals surface area contributed by atoms with Gasteiger partial charge in [0.05, 0.1) is 22.2 Å². The predicted molar refractivity (Wildman–Crippen MR) is 187 cm³/mol. The van der Waals surface area contributed by atoms with E-state index < -0.39 is 5.82 Å². The first-order valence-electron chi connectivity index (χ1n) is 15.7. The van der Waals surface area contributed by atoms with Gasteiger partial charge < -0.3 is 9.55 Å². The molecule has 0 saturated carbocycles. The third-order valence-electron chi connectivity index (χ3n) is 9.71. The van der Waals surface area contributed by atoms with Gasteiger partial charge in [-0.3, -0.25) is 14.5 Å². The van der Waals surface area contributed by atoms with E-state index >= 15 is 0 Å². The molecule has 1 aliphatic heterocycles. The lowest BCUT2D eigenvalue weighted by Crippen LogP contribution is -2.32. The molecule has 0 unspecified atom stereocenters. The highest BCUT2D eigenvalue weighted by molar-refractivity contribution is 6.39. The van der Waals surface area contributed by atoms with Gasteiger partial charge in [-0.15, -0.1) is 0 Å². The van der Waals surface area contributed by atoms with Crippen LogP contribution in [0.1, 0.15) is 31.8 Å². The zero-order valence-electron chi connectivity index (χ0n) is 25.2. The largest absolute Gasteiger partial charge is 0.353 e. The molecule has 0 fully saturated rings. The maximum Gasteiger partial charge on any atom is 0.262 e. The van der Waals surface area contributed by atoms with E-state index in [1.807, 2.05) is 42.5 Å². The molecular formula is C40H27ClFN3O2. The number of rotatable bonds is 6. The van der Waals surface area contributed by atoms with E-state index in [1.165, 1.54) is 27.3 Å². The molecule has 6 aromatic carbocycles. The number of amides is 2. The highest BCUT2D eigenvalue weighted by atomic mass is 35.5. The van der Waals surface area contributed by atoms with Crippen LogP contribution < -0.4 is 0 Å². The molecule has 2 amide bonds. The Morgan fingerprint density at radius 2 is 1.34 bits per heavy atom. The molecule has 3 heterocycles. The number of halogens is 2. The minimum absolute atomic E-state index is 0.0120. The lowest BCUT2D eigenvalue weighted by Gasteiger charge is -2.14. The van der Waals surface area contributed by atoms with Crippen molar-refractivity contribution in [3.05, 3.63) is 142 Å². The topological polar surface area (TPSA) is 58.1 Å². The monoisotopic (exact) mass is 635 g/mol. The van der Waals surface area contributed by atoms with Crippen LogP contribution in [-0.2, 0) is 19.4 Å². The van der Waals surface area contributed by atoms with Crippen molar-refractivity contribution in [1.29, 1.82) is 0 Å². The van der Waals surface area contributed by atoms with E-state index in [4.69, 9.17) is 11.6 Å². The van der Waals surface area contributed by atoms with Gasteiger partial charge in [-0.25, -0.2) is 4.39 Å². The van der Waals surface area contributed by atoms with Crippen molar-refractivity contribution in [1.82, 2.24) is 14.5 Å². The van der Waals surface area contributed by atoms with Crippen LogP contribution in [0.15, 0.2) is 109 Å². The number of nitrogens with one attached hydrogen (secondary N) is 1. The second-order valence-electron chi connectivity index (χ2n) is 12.2. The number of aromatic nitrogens is 2. The number of hydrogen-bond donors (Lipinski definition) is 1. The number of imide groups is 1. The Bertz CT molecular complexity index is 2590. The Labute approximate surface area is 273 Å². The zero-order valence-corrected chi connectivity index (χ0v) is 25.9. The molecule has 5 nitrogen and oxygen atoms in total. The van der Waals surface area contributed by atoms with Crippen LogP contribution in [-0.4, -0.2) is 32.8 Å². The molecule has 0 saturated heterocycles. The molecular weight excluding hydrogens is 609 g/mol. The van der Waals surface area contributed by atoms with Gasteiger partial charge in [0.2, 0.25) is 0 Å². The van der Waals surface area contributed by atoms with Crippen molar-refractivity contribution in [3.8, 4) is 0 Å². The summed E-state index contributed by atoms with van der Waals surface area (Å²) in [5, 5.41) is 5.99. The van der Waals surface area contributed by atoms with Gasteiger partial charge in [0.25, 0.3) is 11.8 Å². The molecule has 0 aliphatic carbocycles. The fraction of sp³-hybridized carbons (Fsp3) is 0.100. The predicted octanol–water partition coefficient (Wildman–Crippen LogP) is 9.46. The molecule has 1 N–H and O–H groups in total. The minimum Gasteiger partial charge on any atom is -0.353 e. The summed E-state index contributed by atoms with van der Waals surface area (Å²) in [6.45, 7) is 0.678. The average Bonchev–Trinajstić information content (AvgIpc) is 3.71. The van der Waals surface area contributed by atoms with Crippen molar-refractivity contribution in [2.24, 2.45) is 0 Å². The lowest BCUT2D eigenvalue weighted by atomic mass is 9.96. The summed E-state index contributed by atoms with van der Waals surface area (Å²) in [6, 6.07) is 35.3. The average molecular weight is 636 g/mol. The van der Waals surface area contributed by atoms with E-state index in [1.54, 1.807) is 12.1 Å². The number of carbonyl (C=O) groups is 2. The van der Waals surface area contributed by atoms with Crippen LogP contribution in [0.4, 0.5) is 4.39 Å². The molecule has 7 heteroatoms. The summed E-state index contributed by atoms with van der Waals surface area (Å²) >= 11 is 6.32. The summed E-state index contributed by atoms with van der Waals surface area (Å²) in [6.07, 6.45) is 0.889. The number of carbonyl (C=O) groups excluding carboxylic acids is 2. The molecule has 1 aliphatic rings. The number of fused-ring (bicyclic) bond motifs is 11. The van der Waals surface area contributed by atoms with Gasteiger partial charge in [-0.05, 0) is 53.4 Å². The maximum absolute atomic E-state index is 14.7. The van der Waals surface area contributed by atoms with Crippen LogP contribution >= 0.6 is 11.6 Å². The zero-order chi connectivity index (χ0) is 31.8. The van der Waals surface area contributed by atoms with Gasteiger partial charge >= 0.3 is 0 Å². The first-order valence-corrected chi connectivity index (χ1v) is 16.1. The van der Waals surface area contributed by atoms with Crippen molar-refractivity contribution in [2.45, 2.75) is 19.4 Å². The standard InChI is InChI=1S/C40H27ClFN3O2/c41-29-15-8-16-30(42)26(29)20-22-45-39(46)35-33-27-13-3-5-17-31(27)43-37(33)38-34(36(35)40(45)47)28-14-4-6-18-32(28)44(38)21-19-24-11-7-10-23-9-1-2-12-25(23)24/h1-18,43H,19-22H2. The Hall–Kier alpha value is -5.46. The molecule has 0 bridgehead atoms. The number of hydrogen-bond acceptors (Lipinski definition) is 2. The van der Waals surface area contributed by atoms with E-state index in [-0.39, 0.29) is 35.4 Å². The Morgan fingerprint density at radius 1 is 0.660 bits per heavy atom. The Balaban J connectivity index is 1.27. The molecule has 228 valence electrons. The van der Waals surface area contributed by atoms with Crippen LogP contribution in [0.2, 0.25) is 5.02 Å². The molecule has 47 heavy (non-hydrogen) atoms. The summed E-state index contributed by atoms with van der Waals surface area (Å²) in [7, 11) is 0. The van der Waals surface area contributed by atoms with E-state index in [0.717, 1.165) is 50.0 Å². The molecule has 8 aromatic rings. The summed E-state index contributed by atoms with van der Waals surface area (Å²) in [4.78, 5) is 33.7. The molecule has 0 atom stereocenters. The van der Waals surface area contributed by atoms with Gasteiger partial charge in [-0.1, -0.05) is 96.5 Å². The lowest BCUT2D eigenvalue weighted by molar-refractivity contribution is 0.0657. The van der Waals surface area contributed by atoms with Gasteiger partial charge in [0, 0.05) is 56.3 Å². The number of H-pyrrole nitrogens is 1. The fourth-order valence-electron chi connectivity index (χ4n) is 7.61. The van der Waals surface area contributed by atoms with Crippen molar-refractivity contribution in [3.63, 3.8) is 0 Å². The summed E-state index contributed by atoms with van der Waals surface area (Å²) < 4.78 is 17.0. The Morgan fingerprint density at radius 3 is 2.17 bits per heavy atom. The number of nitrogens with zero attached hydrogens (tertiary/aromatic N) is 2. The highest BCUT2D eigenvalue weighted by Crippen LogP contribution is 2.45. The smallest absolute Gasteiger partial charge is 0.262 e. The van der Waals surface area contributed by atoms with Crippen molar-refractivity contribution in [2.75, 3.05) is 6.54 Å². The Kier molecular flexibility index (Phi) is 6.24. The minimum atomic E-state index is -0.454. The first-order chi connectivity index (χ1) is 23.0. The highest BCUT2D eigenvalue weighted by Gasteiger charge is 2.41. The summed E-state index contributed by atoms with van der Waals surface area (Å²) in [5.41, 5.74) is 5.94. The van der Waals surface area contributed by atoms with Gasteiger partial charge in [-0.2, -0.15) is 0 Å². The van der Waals surface area contributed by atoms with Crippen LogP contribution in [0.5, 0.6) is 0 Å². The van der Waals surface area contributed by atoms with Crippen LogP contribution in [0.3, 0.4) is 0 Å². The fourth-order valence-corrected chi connectivity index (χ4v) is 7.87.